The van der Waals surface area contributed by atoms with E-state index in [1.807, 2.05) is 66.5 Å². The van der Waals surface area contributed by atoms with E-state index in [9.17, 15) is 4.79 Å². The van der Waals surface area contributed by atoms with Crippen molar-refractivity contribution in [3.8, 4) is 11.3 Å². The molecule has 2 aromatic heterocycles. The number of pyridine rings is 1. The fraction of sp³-hybridized carbons (Fsp3) is 0.238. The summed E-state index contributed by atoms with van der Waals surface area (Å²) in [5, 5.41) is 8.68. The van der Waals surface area contributed by atoms with Gasteiger partial charge >= 0.3 is 0 Å². The molecule has 0 N–H and O–H groups in total. The van der Waals surface area contributed by atoms with Crippen molar-refractivity contribution >= 4 is 11.7 Å². The number of anilines is 1. The van der Waals surface area contributed by atoms with E-state index >= 15 is 0 Å². The Bertz CT molecular complexity index is 893. The van der Waals surface area contributed by atoms with Gasteiger partial charge in [-0.25, -0.2) is 0 Å². The van der Waals surface area contributed by atoms with Crippen LogP contribution >= 0.6 is 0 Å². The number of hydrogen-bond acceptors (Lipinski definition) is 5. The Hall–Kier alpha value is -3.28. The maximum Gasteiger partial charge on any atom is 0.227 e. The number of nitrogens with zero attached hydrogens (tertiary/aromatic N) is 5. The average molecular weight is 359 g/mol. The van der Waals surface area contributed by atoms with Crippen molar-refractivity contribution in [3.63, 3.8) is 0 Å². The van der Waals surface area contributed by atoms with Crippen LogP contribution in [0.3, 0.4) is 0 Å². The highest BCUT2D eigenvalue weighted by Crippen LogP contribution is 2.23. The highest BCUT2D eigenvalue weighted by atomic mass is 16.2. The Balaban J connectivity index is 1.33. The van der Waals surface area contributed by atoms with Crippen LogP contribution in [0, 0.1) is 0 Å². The van der Waals surface area contributed by atoms with Gasteiger partial charge in [0.15, 0.2) is 5.82 Å². The lowest BCUT2D eigenvalue weighted by molar-refractivity contribution is -0.131. The van der Waals surface area contributed by atoms with Gasteiger partial charge in [0, 0.05) is 38.1 Å². The van der Waals surface area contributed by atoms with Crippen molar-refractivity contribution in [1.82, 2.24) is 20.1 Å². The Morgan fingerprint density at radius 3 is 2.56 bits per heavy atom. The van der Waals surface area contributed by atoms with Crippen LogP contribution in [-0.4, -0.2) is 52.2 Å². The van der Waals surface area contributed by atoms with Crippen molar-refractivity contribution in [1.29, 1.82) is 0 Å². The quantitative estimate of drug-likeness (QED) is 0.700. The van der Waals surface area contributed by atoms with E-state index in [1.165, 1.54) is 0 Å². The van der Waals surface area contributed by atoms with Gasteiger partial charge in [0.1, 0.15) is 0 Å². The number of carbonyl (C=O) groups excluding carboxylic acids is 1. The zero-order chi connectivity index (χ0) is 18.6. The fourth-order valence-corrected chi connectivity index (χ4v) is 3.15. The lowest BCUT2D eigenvalue weighted by Gasteiger charge is -2.44. The minimum Gasteiger partial charge on any atom is -0.351 e. The summed E-state index contributed by atoms with van der Waals surface area (Å²) in [5.74, 6) is 0.956. The van der Waals surface area contributed by atoms with Crippen LogP contribution < -0.4 is 4.90 Å². The highest BCUT2D eigenvalue weighted by Gasteiger charge is 2.33. The summed E-state index contributed by atoms with van der Waals surface area (Å²) in [6.45, 7) is 1.54. The molecule has 0 bridgehead atoms. The van der Waals surface area contributed by atoms with Crippen LogP contribution in [0.1, 0.15) is 5.56 Å². The maximum absolute atomic E-state index is 12.4. The first-order valence-corrected chi connectivity index (χ1v) is 8.99. The molecule has 0 spiro atoms. The molecule has 0 unspecified atom stereocenters. The SMILES string of the molecule is CN(C(=O)Cc1cccnc1)C1CN(c2ccc(-c3ccccc3)nn2)C1. The van der Waals surface area contributed by atoms with Crippen LogP contribution in [0.5, 0.6) is 0 Å². The number of amides is 1. The summed E-state index contributed by atoms with van der Waals surface area (Å²) in [6.07, 6.45) is 3.83. The molecule has 6 heteroatoms. The summed E-state index contributed by atoms with van der Waals surface area (Å²) >= 11 is 0. The third-order valence-electron chi connectivity index (χ3n) is 4.93. The third kappa shape index (κ3) is 3.79. The Morgan fingerprint density at radius 2 is 1.89 bits per heavy atom. The minimum absolute atomic E-state index is 0.109. The van der Waals surface area contributed by atoms with E-state index in [1.54, 1.807) is 12.4 Å². The van der Waals surface area contributed by atoms with Gasteiger partial charge in [-0.15, -0.1) is 10.2 Å². The molecule has 3 aromatic rings. The second-order valence-corrected chi connectivity index (χ2v) is 6.74. The molecular weight excluding hydrogens is 338 g/mol. The molecule has 1 amide bonds. The first-order valence-electron chi connectivity index (χ1n) is 8.99. The molecule has 3 heterocycles. The Kier molecular flexibility index (Phi) is 4.78. The molecule has 1 fully saturated rings. The lowest BCUT2D eigenvalue weighted by atomic mass is 10.1. The molecule has 136 valence electrons. The van der Waals surface area contributed by atoms with Gasteiger partial charge in [0.25, 0.3) is 0 Å². The third-order valence-corrected chi connectivity index (χ3v) is 4.93. The zero-order valence-electron chi connectivity index (χ0n) is 15.2. The topological polar surface area (TPSA) is 62.2 Å². The van der Waals surface area contributed by atoms with E-state index in [0.717, 1.165) is 35.7 Å². The van der Waals surface area contributed by atoms with E-state index in [4.69, 9.17) is 0 Å². The fourth-order valence-electron chi connectivity index (χ4n) is 3.15. The normalized spacial score (nSPS) is 13.9. The Morgan fingerprint density at radius 1 is 1.07 bits per heavy atom. The second-order valence-electron chi connectivity index (χ2n) is 6.74. The molecule has 0 saturated carbocycles. The van der Waals surface area contributed by atoms with Gasteiger partial charge < -0.3 is 9.80 Å². The van der Waals surface area contributed by atoms with Crippen molar-refractivity contribution < 1.29 is 4.79 Å². The number of carbonyl (C=O) groups is 1. The zero-order valence-corrected chi connectivity index (χ0v) is 15.2. The van der Waals surface area contributed by atoms with Gasteiger partial charge in [0.05, 0.1) is 18.2 Å². The van der Waals surface area contributed by atoms with Gasteiger partial charge in [0.2, 0.25) is 5.91 Å². The number of hydrogen-bond donors (Lipinski definition) is 0. The molecule has 6 nitrogen and oxygen atoms in total. The maximum atomic E-state index is 12.4. The summed E-state index contributed by atoms with van der Waals surface area (Å²) in [4.78, 5) is 20.5. The summed E-state index contributed by atoms with van der Waals surface area (Å²) < 4.78 is 0. The monoisotopic (exact) mass is 359 g/mol. The highest BCUT2D eigenvalue weighted by molar-refractivity contribution is 5.79. The first-order chi connectivity index (χ1) is 13.2. The molecule has 0 atom stereocenters. The molecule has 0 aliphatic carbocycles. The molecule has 1 aromatic carbocycles. The van der Waals surface area contributed by atoms with Crippen LogP contribution in [0.4, 0.5) is 5.82 Å². The number of aromatic nitrogens is 3. The molecule has 0 radical (unpaired) electrons. The molecule has 4 rings (SSSR count). The van der Waals surface area contributed by atoms with Gasteiger partial charge in [-0.05, 0) is 23.8 Å². The summed E-state index contributed by atoms with van der Waals surface area (Å²) in [5.41, 5.74) is 2.85. The molecular formula is C21H21N5O. The van der Waals surface area contributed by atoms with Crippen LogP contribution in [0.2, 0.25) is 0 Å². The van der Waals surface area contributed by atoms with Crippen LogP contribution in [0.15, 0.2) is 67.0 Å². The van der Waals surface area contributed by atoms with Gasteiger partial charge in [-0.2, -0.15) is 0 Å². The standard InChI is InChI=1S/C21H21N5O/c1-25(21(27)12-16-6-5-11-22-13-16)18-14-26(15-18)20-10-9-19(23-24-20)17-7-3-2-4-8-17/h2-11,13,18H,12,14-15H2,1H3. The van der Waals surface area contributed by atoms with Crippen molar-refractivity contribution in [2.45, 2.75) is 12.5 Å². The smallest absolute Gasteiger partial charge is 0.227 e. The van der Waals surface area contributed by atoms with Gasteiger partial charge in [-0.3, -0.25) is 9.78 Å². The number of rotatable bonds is 5. The molecule has 1 aliphatic rings. The predicted octanol–water partition coefficient (Wildman–Crippen LogP) is 2.43. The van der Waals surface area contributed by atoms with E-state index in [0.29, 0.717) is 6.42 Å². The first kappa shape index (κ1) is 17.1. The van der Waals surface area contributed by atoms with E-state index in [2.05, 4.69) is 20.1 Å². The second kappa shape index (κ2) is 7.53. The van der Waals surface area contributed by atoms with Crippen molar-refractivity contribution in [2.24, 2.45) is 0 Å². The van der Waals surface area contributed by atoms with Crippen LogP contribution in [0.25, 0.3) is 11.3 Å². The number of likely N-dealkylation sites (N-methyl/N-ethyl adjacent to an activating group) is 1. The lowest BCUT2D eigenvalue weighted by Crippen LogP contribution is -2.60. The minimum atomic E-state index is 0.109. The van der Waals surface area contributed by atoms with Crippen LogP contribution in [-0.2, 0) is 11.2 Å². The predicted molar refractivity (Wildman–Crippen MR) is 104 cm³/mol. The molecule has 1 saturated heterocycles. The molecule has 1 aliphatic heterocycles. The van der Waals surface area contributed by atoms with Crippen molar-refractivity contribution in [3.05, 3.63) is 72.6 Å². The molecule has 27 heavy (non-hydrogen) atoms. The van der Waals surface area contributed by atoms with Gasteiger partial charge in [-0.1, -0.05) is 36.4 Å². The summed E-state index contributed by atoms with van der Waals surface area (Å²) in [6, 6.07) is 18.0. The van der Waals surface area contributed by atoms with E-state index < -0.39 is 0 Å². The summed E-state index contributed by atoms with van der Waals surface area (Å²) in [7, 11) is 1.87. The number of benzene rings is 1. The Labute approximate surface area is 158 Å². The van der Waals surface area contributed by atoms with E-state index in [-0.39, 0.29) is 11.9 Å². The van der Waals surface area contributed by atoms with Crippen molar-refractivity contribution in [2.75, 3.05) is 25.0 Å². The largest absolute Gasteiger partial charge is 0.351 e. The average Bonchev–Trinajstić information content (AvgIpc) is 2.69.